The van der Waals surface area contributed by atoms with E-state index in [1.807, 2.05) is 18.2 Å². The average Bonchev–Trinajstić information content (AvgIpc) is 3.21. The fourth-order valence-corrected chi connectivity index (χ4v) is 3.16. The maximum Gasteiger partial charge on any atom is 0.259 e. The summed E-state index contributed by atoms with van der Waals surface area (Å²) in [5.74, 6) is 1.15. The molecular weight excluding hydrogens is 332 g/mol. The molecule has 26 heavy (non-hydrogen) atoms. The molecule has 1 amide bonds. The summed E-state index contributed by atoms with van der Waals surface area (Å²) in [6, 6.07) is 11.2. The minimum Gasteiger partial charge on any atom is -0.496 e. The summed E-state index contributed by atoms with van der Waals surface area (Å²) in [7, 11) is 4.60. The molecule has 6 nitrogen and oxygen atoms in total. The van der Waals surface area contributed by atoms with Gasteiger partial charge in [-0.05, 0) is 31.0 Å². The second-order valence-electron chi connectivity index (χ2n) is 6.11. The Labute approximate surface area is 153 Å². The lowest BCUT2D eigenvalue weighted by Gasteiger charge is -2.19. The molecule has 1 aliphatic heterocycles. The highest BCUT2D eigenvalue weighted by Crippen LogP contribution is 2.35. The van der Waals surface area contributed by atoms with Crippen LogP contribution >= 0.6 is 0 Å². The number of carbonyl (C=O) groups is 1. The topological polar surface area (TPSA) is 60.0 Å². The van der Waals surface area contributed by atoms with Gasteiger partial charge in [0.15, 0.2) is 11.5 Å². The third-order valence-electron chi connectivity index (χ3n) is 4.53. The Balaban J connectivity index is 1.84. The number of benzene rings is 2. The molecule has 2 aromatic carbocycles. The summed E-state index contributed by atoms with van der Waals surface area (Å²) in [5, 5.41) is 2.94. The molecule has 1 fully saturated rings. The lowest BCUT2D eigenvalue weighted by molar-refractivity contribution is 0.102. The van der Waals surface area contributed by atoms with Crippen molar-refractivity contribution in [2.45, 2.75) is 12.8 Å². The van der Waals surface area contributed by atoms with Crippen LogP contribution in [0.2, 0.25) is 0 Å². The Morgan fingerprint density at radius 2 is 1.58 bits per heavy atom. The standard InChI is InChI=1S/C20H24N2O4/c1-24-17-13-19(26-3)18(25-2)12-16(17)20(23)21-14-7-6-8-15(11-14)22-9-4-5-10-22/h6-8,11-13H,4-5,9-10H2,1-3H3,(H,21,23). The Kier molecular flexibility index (Phi) is 5.51. The molecule has 2 aromatic rings. The zero-order valence-electron chi connectivity index (χ0n) is 15.4. The second kappa shape index (κ2) is 7.99. The van der Waals surface area contributed by atoms with Gasteiger partial charge in [-0.1, -0.05) is 6.07 Å². The summed E-state index contributed by atoms with van der Waals surface area (Å²) >= 11 is 0. The SMILES string of the molecule is COc1cc(OC)c(C(=O)Nc2cccc(N3CCCC3)c2)cc1OC. The number of methoxy groups -OCH3 is 3. The normalized spacial score (nSPS) is 13.4. The number of nitrogens with one attached hydrogen (secondary N) is 1. The van der Waals surface area contributed by atoms with Gasteiger partial charge < -0.3 is 24.4 Å². The first kappa shape index (κ1) is 17.9. The molecule has 1 N–H and O–H groups in total. The van der Waals surface area contributed by atoms with Crippen LogP contribution < -0.4 is 24.4 Å². The monoisotopic (exact) mass is 356 g/mol. The number of hydrogen-bond donors (Lipinski definition) is 1. The molecule has 0 aliphatic carbocycles. The zero-order valence-corrected chi connectivity index (χ0v) is 15.4. The van der Waals surface area contributed by atoms with Crippen molar-refractivity contribution in [2.24, 2.45) is 0 Å². The Morgan fingerprint density at radius 1 is 0.923 bits per heavy atom. The number of ether oxygens (including phenoxy) is 3. The van der Waals surface area contributed by atoms with Crippen molar-refractivity contribution in [3.8, 4) is 17.2 Å². The third-order valence-corrected chi connectivity index (χ3v) is 4.53. The Bertz CT molecular complexity index is 785. The molecule has 0 saturated carbocycles. The molecule has 0 unspecified atom stereocenters. The van der Waals surface area contributed by atoms with Gasteiger partial charge >= 0.3 is 0 Å². The van der Waals surface area contributed by atoms with Gasteiger partial charge in [0, 0.05) is 36.6 Å². The predicted octanol–water partition coefficient (Wildman–Crippen LogP) is 3.56. The van der Waals surface area contributed by atoms with Crippen LogP contribution in [0.25, 0.3) is 0 Å². The Hall–Kier alpha value is -2.89. The first-order chi connectivity index (χ1) is 12.7. The van der Waals surface area contributed by atoms with Crippen molar-refractivity contribution in [3.05, 3.63) is 42.0 Å². The van der Waals surface area contributed by atoms with Gasteiger partial charge in [-0.25, -0.2) is 0 Å². The van der Waals surface area contributed by atoms with Crippen molar-refractivity contribution >= 4 is 17.3 Å². The van der Waals surface area contributed by atoms with E-state index in [4.69, 9.17) is 14.2 Å². The number of amides is 1. The van der Waals surface area contributed by atoms with Gasteiger partial charge in [0.2, 0.25) is 0 Å². The number of hydrogen-bond acceptors (Lipinski definition) is 5. The molecule has 1 saturated heterocycles. The summed E-state index contributed by atoms with van der Waals surface area (Å²) in [6.45, 7) is 2.11. The lowest BCUT2D eigenvalue weighted by Crippen LogP contribution is -2.18. The highest BCUT2D eigenvalue weighted by atomic mass is 16.5. The predicted molar refractivity (Wildman–Crippen MR) is 102 cm³/mol. The maximum absolute atomic E-state index is 12.8. The van der Waals surface area contributed by atoms with Gasteiger partial charge in [-0.2, -0.15) is 0 Å². The van der Waals surface area contributed by atoms with Gasteiger partial charge in [-0.15, -0.1) is 0 Å². The molecule has 0 aromatic heterocycles. The van der Waals surface area contributed by atoms with E-state index in [1.54, 1.807) is 19.2 Å². The van der Waals surface area contributed by atoms with Crippen LogP contribution in [-0.2, 0) is 0 Å². The molecule has 6 heteroatoms. The van der Waals surface area contributed by atoms with E-state index in [2.05, 4.69) is 16.3 Å². The number of carbonyl (C=O) groups excluding carboxylic acids is 1. The maximum atomic E-state index is 12.8. The van der Waals surface area contributed by atoms with E-state index in [0.29, 0.717) is 22.8 Å². The summed E-state index contributed by atoms with van der Waals surface area (Å²) in [4.78, 5) is 15.1. The molecule has 0 radical (unpaired) electrons. The highest BCUT2D eigenvalue weighted by molar-refractivity contribution is 6.07. The molecule has 138 valence electrons. The molecule has 1 heterocycles. The molecule has 0 atom stereocenters. The Morgan fingerprint density at radius 3 is 2.23 bits per heavy atom. The van der Waals surface area contributed by atoms with E-state index in [0.717, 1.165) is 24.5 Å². The minimum atomic E-state index is -0.263. The van der Waals surface area contributed by atoms with Crippen LogP contribution in [0.3, 0.4) is 0 Å². The summed E-state index contributed by atoms with van der Waals surface area (Å²) in [6.07, 6.45) is 2.42. The van der Waals surface area contributed by atoms with Crippen LogP contribution in [0.5, 0.6) is 17.2 Å². The zero-order chi connectivity index (χ0) is 18.5. The van der Waals surface area contributed by atoms with E-state index in [-0.39, 0.29) is 5.91 Å². The first-order valence-corrected chi connectivity index (χ1v) is 8.62. The molecule has 3 rings (SSSR count). The van der Waals surface area contributed by atoms with Crippen molar-refractivity contribution in [3.63, 3.8) is 0 Å². The van der Waals surface area contributed by atoms with E-state index >= 15 is 0 Å². The number of anilines is 2. The molecule has 1 aliphatic rings. The first-order valence-electron chi connectivity index (χ1n) is 8.62. The number of rotatable bonds is 6. The van der Waals surface area contributed by atoms with Gasteiger partial charge in [-0.3, -0.25) is 4.79 Å². The third kappa shape index (κ3) is 3.69. The molecular formula is C20H24N2O4. The van der Waals surface area contributed by atoms with Gasteiger partial charge in [0.1, 0.15) is 5.75 Å². The smallest absolute Gasteiger partial charge is 0.259 e. The minimum absolute atomic E-state index is 0.263. The van der Waals surface area contributed by atoms with Crippen molar-refractivity contribution < 1.29 is 19.0 Å². The lowest BCUT2D eigenvalue weighted by atomic mass is 10.1. The summed E-state index contributed by atoms with van der Waals surface area (Å²) < 4.78 is 15.9. The fraction of sp³-hybridized carbons (Fsp3) is 0.350. The average molecular weight is 356 g/mol. The fourth-order valence-electron chi connectivity index (χ4n) is 3.16. The second-order valence-corrected chi connectivity index (χ2v) is 6.11. The largest absolute Gasteiger partial charge is 0.496 e. The van der Waals surface area contributed by atoms with Crippen LogP contribution in [0.4, 0.5) is 11.4 Å². The number of nitrogens with zero attached hydrogens (tertiary/aromatic N) is 1. The summed E-state index contributed by atoms with van der Waals surface area (Å²) in [5.41, 5.74) is 2.26. The van der Waals surface area contributed by atoms with Crippen LogP contribution in [0.1, 0.15) is 23.2 Å². The van der Waals surface area contributed by atoms with Gasteiger partial charge in [0.25, 0.3) is 5.91 Å². The van der Waals surface area contributed by atoms with Crippen LogP contribution in [-0.4, -0.2) is 40.3 Å². The highest BCUT2D eigenvalue weighted by Gasteiger charge is 2.18. The van der Waals surface area contributed by atoms with Crippen molar-refractivity contribution in [1.82, 2.24) is 0 Å². The van der Waals surface area contributed by atoms with Crippen molar-refractivity contribution in [2.75, 3.05) is 44.6 Å². The molecule has 0 bridgehead atoms. The van der Waals surface area contributed by atoms with Gasteiger partial charge in [0.05, 0.1) is 26.9 Å². The van der Waals surface area contributed by atoms with Crippen molar-refractivity contribution in [1.29, 1.82) is 0 Å². The van der Waals surface area contributed by atoms with Crippen LogP contribution in [0.15, 0.2) is 36.4 Å². The van der Waals surface area contributed by atoms with E-state index in [1.165, 1.54) is 27.1 Å². The quantitative estimate of drug-likeness (QED) is 0.857. The van der Waals surface area contributed by atoms with E-state index in [9.17, 15) is 4.79 Å². The molecule has 0 spiro atoms. The van der Waals surface area contributed by atoms with Crippen LogP contribution in [0, 0.1) is 0 Å². The van der Waals surface area contributed by atoms with E-state index < -0.39 is 0 Å².